The first kappa shape index (κ1) is 15.9. The SMILES string of the molecule is CC(=O)Nc1ccc(CN2Cc3n[nH]c(=O)n3CC2C(=O)O)cc1. The van der Waals surface area contributed by atoms with Crippen molar-refractivity contribution in [1.29, 1.82) is 0 Å². The molecule has 1 amide bonds. The lowest BCUT2D eigenvalue weighted by atomic mass is 10.1. The number of aliphatic carboxylic acids is 1. The molecule has 1 aromatic carbocycles. The second-order valence-electron chi connectivity index (χ2n) is 5.69. The molecular weight excluding hydrogens is 314 g/mol. The number of amides is 1. The summed E-state index contributed by atoms with van der Waals surface area (Å²) in [5.41, 5.74) is 1.19. The van der Waals surface area contributed by atoms with E-state index in [9.17, 15) is 19.5 Å². The number of hydrogen-bond acceptors (Lipinski definition) is 5. The monoisotopic (exact) mass is 331 g/mol. The van der Waals surface area contributed by atoms with Gasteiger partial charge in [0.1, 0.15) is 11.9 Å². The highest BCUT2D eigenvalue weighted by Crippen LogP contribution is 2.19. The van der Waals surface area contributed by atoms with Gasteiger partial charge in [-0.15, -0.1) is 0 Å². The molecule has 0 saturated carbocycles. The van der Waals surface area contributed by atoms with Crippen LogP contribution in [0.1, 0.15) is 18.3 Å². The van der Waals surface area contributed by atoms with Crippen molar-refractivity contribution in [3.8, 4) is 0 Å². The Balaban J connectivity index is 1.78. The standard InChI is InChI=1S/C15H17N5O4/c1-9(21)16-11-4-2-10(3-5-11)6-19-8-13-17-18-15(24)20(13)7-12(19)14(22)23/h2-5,12H,6-8H2,1H3,(H,16,21)(H,18,24)(H,22,23). The van der Waals surface area contributed by atoms with Gasteiger partial charge >= 0.3 is 11.7 Å². The van der Waals surface area contributed by atoms with E-state index in [1.54, 1.807) is 17.0 Å². The van der Waals surface area contributed by atoms with Gasteiger partial charge in [-0.25, -0.2) is 9.89 Å². The lowest BCUT2D eigenvalue weighted by molar-refractivity contribution is -0.145. The van der Waals surface area contributed by atoms with Crippen molar-refractivity contribution in [3.05, 3.63) is 46.1 Å². The molecular formula is C15H17N5O4. The molecule has 9 heteroatoms. The predicted octanol–water partition coefficient (Wildman–Crippen LogP) is -0.00120. The van der Waals surface area contributed by atoms with Crippen LogP contribution >= 0.6 is 0 Å². The van der Waals surface area contributed by atoms with Crippen molar-refractivity contribution in [1.82, 2.24) is 19.7 Å². The maximum absolute atomic E-state index is 11.6. The third kappa shape index (κ3) is 3.20. The van der Waals surface area contributed by atoms with Gasteiger partial charge in [0.05, 0.1) is 13.1 Å². The maximum Gasteiger partial charge on any atom is 0.343 e. The molecule has 0 aliphatic carbocycles. The summed E-state index contributed by atoms with van der Waals surface area (Å²) in [5, 5.41) is 18.4. The zero-order chi connectivity index (χ0) is 17.3. The van der Waals surface area contributed by atoms with E-state index in [0.717, 1.165) is 5.56 Å². The van der Waals surface area contributed by atoms with Crippen LogP contribution in [0.25, 0.3) is 0 Å². The molecule has 0 fully saturated rings. The number of carbonyl (C=O) groups excluding carboxylic acids is 1. The van der Waals surface area contributed by atoms with E-state index < -0.39 is 17.7 Å². The highest BCUT2D eigenvalue weighted by atomic mass is 16.4. The van der Waals surface area contributed by atoms with Gasteiger partial charge in [-0.2, -0.15) is 5.10 Å². The molecule has 2 aromatic rings. The van der Waals surface area contributed by atoms with Crippen LogP contribution < -0.4 is 11.0 Å². The number of nitrogens with one attached hydrogen (secondary N) is 2. The molecule has 24 heavy (non-hydrogen) atoms. The summed E-state index contributed by atoms with van der Waals surface area (Å²) >= 11 is 0. The Morgan fingerprint density at radius 1 is 1.38 bits per heavy atom. The largest absolute Gasteiger partial charge is 0.480 e. The lowest BCUT2D eigenvalue weighted by Crippen LogP contribution is -2.49. The Labute approximate surface area is 136 Å². The molecule has 1 unspecified atom stereocenters. The molecule has 1 aromatic heterocycles. The number of rotatable bonds is 4. The first-order valence-corrected chi connectivity index (χ1v) is 7.41. The van der Waals surface area contributed by atoms with Gasteiger partial charge in [0.15, 0.2) is 0 Å². The second kappa shape index (κ2) is 6.28. The molecule has 126 valence electrons. The second-order valence-corrected chi connectivity index (χ2v) is 5.69. The van der Waals surface area contributed by atoms with Crippen molar-refractivity contribution >= 4 is 17.6 Å². The summed E-state index contributed by atoms with van der Waals surface area (Å²) in [4.78, 5) is 35.9. The fourth-order valence-electron chi connectivity index (χ4n) is 2.77. The highest BCUT2D eigenvalue weighted by molar-refractivity contribution is 5.88. The normalized spacial score (nSPS) is 17.3. The first-order valence-electron chi connectivity index (χ1n) is 7.41. The lowest BCUT2D eigenvalue weighted by Gasteiger charge is -2.32. The fraction of sp³-hybridized carbons (Fsp3) is 0.333. The maximum atomic E-state index is 11.6. The quantitative estimate of drug-likeness (QED) is 0.725. The van der Waals surface area contributed by atoms with E-state index in [0.29, 0.717) is 18.1 Å². The van der Waals surface area contributed by atoms with Crippen LogP contribution in [0.4, 0.5) is 5.69 Å². The number of aromatic amines is 1. The van der Waals surface area contributed by atoms with Gasteiger partial charge < -0.3 is 10.4 Å². The minimum atomic E-state index is -0.983. The molecule has 1 atom stereocenters. The average Bonchev–Trinajstić information content (AvgIpc) is 2.88. The summed E-state index contributed by atoms with van der Waals surface area (Å²) in [6.07, 6.45) is 0. The number of benzene rings is 1. The third-order valence-corrected chi connectivity index (χ3v) is 3.92. The molecule has 0 bridgehead atoms. The number of fused-ring (bicyclic) bond motifs is 1. The van der Waals surface area contributed by atoms with Gasteiger partial charge in [-0.3, -0.25) is 19.1 Å². The fourth-order valence-corrected chi connectivity index (χ4v) is 2.77. The molecule has 1 aliphatic rings. The van der Waals surface area contributed by atoms with Gasteiger partial charge in [0, 0.05) is 19.2 Å². The summed E-state index contributed by atoms with van der Waals surface area (Å²) in [6, 6.07) is 6.39. The molecule has 3 N–H and O–H groups in total. The van der Waals surface area contributed by atoms with E-state index in [2.05, 4.69) is 15.5 Å². The third-order valence-electron chi connectivity index (χ3n) is 3.92. The predicted molar refractivity (Wildman–Crippen MR) is 84.3 cm³/mol. The van der Waals surface area contributed by atoms with Crippen LogP contribution in [0.3, 0.4) is 0 Å². The van der Waals surface area contributed by atoms with Crippen molar-refractivity contribution < 1.29 is 14.7 Å². The molecule has 2 heterocycles. The van der Waals surface area contributed by atoms with Crippen LogP contribution in [0, 0.1) is 0 Å². The number of carboxylic acid groups (broad SMARTS) is 1. The molecule has 1 aliphatic heterocycles. The zero-order valence-electron chi connectivity index (χ0n) is 13.0. The van der Waals surface area contributed by atoms with Crippen molar-refractivity contribution in [3.63, 3.8) is 0 Å². The van der Waals surface area contributed by atoms with Crippen LogP contribution in [0.2, 0.25) is 0 Å². The van der Waals surface area contributed by atoms with Crippen LogP contribution in [0.15, 0.2) is 29.1 Å². The van der Waals surface area contributed by atoms with Crippen LogP contribution in [0.5, 0.6) is 0 Å². The Hall–Kier alpha value is -2.94. The van der Waals surface area contributed by atoms with Crippen LogP contribution in [-0.2, 0) is 29.2 Å². The number of anilines is 1. The summed E-state index contributed by atoms with van der Waals surface area (Å²) in [7, 11) is 0. The Bertz CT molecular complexity index is 823. The number of carbonyl (C=O) groups is 2. The highest BCUT2D eigenvalue weighted by Gasteiger charge is 2.33. The van der Waals surface area contributed by atoms with Gasteiger partial charge in [0.2, 0.25) is 5.91 Å². The number of H-pyrrole nitrogens is 1. The van der Waals surface area contributed by atoms with E-state index in [-0.39, 0.29) is 19.0 Å². The Morgan fingerprint density at radius 2 is 2.08 bits per heavy atom. The molecule has 0 saturated heterocycles. The summed E-state index contributed by atoms with van der Waals surface area (Å²) < 4.78 is 1.36. The Morgan fingerprint density at radius 3 is 2.71 bits per heavy atom. The van der Waals surface area contributed by atoms with Crippen molar-refractivity contribution in [2.75, 3.05) is 5.32 Å². The molecule has 0 radical (unpaired) electrons. The summed E-state index contributed by atoms with van der Waals surface area (Å²) in [5.74, 6) is -0.614. The van der Waals surface area contributed by atoms with Crippen LogP contribution in [-0.4, -0.2) is 42.7 Å². The van der Waals surface area contributed by atoms with E-state index in [1.807, 2.05) is 12.1 Å². The molecule has 0 spiro atoms. The summed E-state index contributed by atoms with van der Waals surface area (Å²) in [6.45, 7) is 2.16. The molecule has 3 rings (SSSR count). The van der Waals surface area contributed by atoms with Gasteiger partial charge in [-0.05, 0) is 17.7 Å². The number of hydrogen-bond donors (Lipinski definition) is 3. The van der Waals surface area contributed by atoms with Crippen molar-refractivity contribution in [2.45, 2.75) is 32.6 Å². The number of nitrogens with zero attached hydrogens (tertiary/aromatic N) is 3. The average molecular weight is 331 g/mol. The Kier molecular flexibility index (Phi) is 4.17. The smallest absolute Gasteiger partial charge is 0.343 e. The minimum Gasteiger partial charge on any atom is -0.480 e. The zero-order valence-corrected chi connectivity index (χ0v) is 13.0. The van der Waals surface area contributed by atoms with Gasteiger partial charge in [-0.1, -0.05) is 12.1 Å². The first-order chi connectivity index (χ1) is 11.4. The minimum absolute atomic E-state index is 0.0595. The van der Waals surface area contributed by atoms with Gasteiger partial charge in [0.25, 0.3) is 0 Å². The van der Waals surface area contributed by atoms with E-state index >= 15 is 0 Å². The van der Waals surface area contributed by atoms with Crippen molar-refractivity contribution in [2.24, 2.45) is 0 Å². The number of carboxylic acids is 1. The van der Waals surface area contributed by atoms with E-state index in [1.165, 1.54) is 11.5 Å². The molecule has 9 nitrogen and oxygen atoms in total. The topological polar surface area (TPSA) is 120 Å². The van der Waals surface area contributed by atoms with E-state index in [4.69, 9.17) is 0 Å². The number of aromatic nitrogens is 3.